The molecule has 3 heterocycles. The van der Waals surface area contributed by atoms with E-state index in [1.807, 2.05) is 49.9 Å². The fourth-order valence-corrected chi connectivity index (χ4v) is 5.25. The number of β-amino-alcohol motifs (C(OH)–C–C–N with tert-alkyl or cyclic N) is 1. The van der Waals surface area contributed by atoms with Gasteiger partial charge in [-0.1, -0.05) is 0 Å². The first-order valence-electron chi connectivity index (χ1n) is 13.2. The lowest BCUT2D eigenvalue weighted by atomic mass is 9.93. The zero-order valence-corrected chi connectivity index (χ0v) is 21.6. The SMILES string of the molecule is CC(C)(C)OC(=O)N1CCC(CCN2CCN(c3ccc(C(=O)N4CC[C@@H](O)C4)cc3)CC2)CC1. The summed E-state index contributed by atoms with van der Waals surface area (Å²) in [6.45, 7) is 13.6. The van der Waals surface area contributed by atoms with Gasteiger partial charge in [0.2, 0.25) is 0 Å². The third-order valence-corrected chi connectivity index (χ3v) is 7.42. The van der Waals surface area contributed by atoms with Gasteiger partial charge >= 0.3 is 6.09 Å². The van der Waals surface area contributed by atoms with Gasteiger partial charge in [-0.05, 0) is 83.2 Å². The molecule has 1 aromatic rings. The number of rotatable bonds is 5. The minimum atomic E-state index is -0.437. The van der Waals surface area contributed by atoms with E-state index in [1.165, 1.54) is 6.42 Å². The molecule has 0 radical (unpaired) electrons. The van der Waals surface area contributed by atoms with Gasteiger partial charge < -0.3 is 24.5 Å². The van der Waals surface area contributed by atoms with Crippen molar-refractivity contribution < 1.29 is 19.4 Å². The highest BCUT2D eigenvalue weighted by molar-refractivity contribution is 5.94. The normalized spacial score (nSPS) is 22.5. The molecule has 35 heavy (non-hydrogen) atoms. The highest BCUT2D eigenvalue weighted by atomic mass is 16.6. The number of piperazine rings is 1. The van der Waals surface area contributed by atoms with Crippen molar-refractivity contribution in [2.75, 3.05) is 63.8 Å². The third kappa shape index (κ3) is 7.10. The highest BCUT2D eigenvalue weighted by Crippen LogP contribution is 2.24. The number of ether oxygens (including phenoxy) is 1. The van der Waals surface area contributed by atoms with Crippen molar-refractivity contribution in [1.29, 1.82) is 0 Å². The first kappa shape index (κ1) is 25.8. The molecule has 1 atom stereocenters. The van der Waals surface area contributed by atoms with E-state index < -0.39 is 5.60 Å². The van der Waals surface area contributed by atoms with Crippen molar-refractivity contribution in [1.82, 2.24) is 14.7 Å². The summed E-state index contributed by atoms with van der Waals surface area (Å²) < 4.78 is 5.51. The molecule has 4 rings (SSSR count). The van der Waals surface area contributed by atoms with Gasteiger partial charge in [0.1, 0.15) is 5.60 Å². The number of carbonyl (C=O) groups is 2. The Hall–Kier alpha value is -2.32. The van der Waals surface area contributed by atoms with Crippen LogP contribution in [0.2, 0.25) is 0 Å². The van der Waals surface area contributed by atoms with E-state index in [9.17, 15) is 14.7 Å². The molecule has 3 saturated heterocycles. The maximum absolute atomic E-state index is 12.6. The number of benzene rings is 1. The van der Waals surface area contributed by atoms with Gasteiger partial charge in [0.25, 0.3) is 5.91 Å². The van der Waals surface area contributed by atoms with Crippen LogP contribution in [-0.2, 0) is 4.74 Å². The van der Waals surface area contributed by atoms with Gasteiger partial charge in [0, 0.05) is 63.6 Å². The Bertz CT molecular complexity index is 853. The number of piperidine rings is 1. The monoisotopic (exact) mass is 486 g/mol. The fourth-order valence-electron chi connectivity index (χ4n) is 5.25. The Balaban J connectivity index is 1.15. The van der Waals surface area contributed by atoms with Crippen molar-refractivity contribution in [2.24, 2.45) is 5.92 Å². The summed E-state index contributed by atoms with van der Waals surface area (Å²) in [5.41, 5.74) is 1.42. The van der Waals surface area contributed by atoms with Crippen molar-refractivity contribution in [3.8, 4) is 0 Å². The summed E-state index contributed by atoms with van der Waals surface area (Å²) in [4.78, 5) is 33.4. The maximum Gasteiger partial charge on any atom is 0.410 e. The molecule has 0 unspecified atom stereocenters. The Morgan fingerprint density at radius 1 is 0.914 bits per heavy atom. The lowest BCUT2D eigenvalue weighted by Gasteiger charge is -2.38. The quantitative estimate of drug-likeness (QED) is 0.690. The van der Waals surface area contributed by atoms with Crippen LogP contribution >= 0.6 is 0 Å². The first-order valence-corrected chi connectivity index (χ1v) is 13.2. The van der Waals surface area contributed by atoms with Crippen LogP contribution in [0.5, 0.6) is 0 Å². The largest absolute Gasteiger partial charge is 0.444 e. The lowest BCUT2D eigenvalue weighted by Crippen LogP contribution is -2.47. The van der Waals surface area contributed by atoms with Crippen LogP contribution in [0.3, 0.4) is 0 Å². The predicted octanol–water partition coefficient (Wildman–Crippen LogP) is 3.05. The number of hydrogen-bond acceptors (Lipinski definition) is 6. The number of amides is 2. The average Bonchev–Trinajstić information content (AvgIpc) is 3.28. The number of hydrogen-bond donors (Lipinski definition) is 1. The summed E-state index contributed by atoms with van der Waals surface area (Å²) in [6, 6.07) is 7.93. The van der Waals surface area contributed by atoms with E-state index in [2.05, 4.69) is 9.80 Å². The zero-order valence-electron chi connectivity index (χ0n) is 21.6. The van der Waals surface area contributed by atoms with Crippen LogP contribution in [-0.4, -0.2) is 102 Å². The molecule has 0 aliphatic carbocycles. The minimum Gasteiger partial charge on any atom is -0.444 e. The van der Waals surface area contributed by atoms with E-state index in [1.54, 1.807) is 4.90 Å². The molecule has 3 fully saturated rings. The predicted molar refractivity (Wildman–Crippen MR) is 137 cm³/mol. The summed E-state index contributed by atoms with van der Waals surface area (Å²) in [5.74, 6) is 0.684. The Morgan fingerprint density at radius 2 is 1.54 bits per heavy atom. The van der Waals surface area contributed by atoms with Gasteiger partial charge in [0.05, 0.1) is 6.10 Å². The molecule has 3 aliphatic rings. The molecule has 0 aromatic heterocycles. The van der Waals surface area contributed by atoms with Crippen LogP contribution in [0.1, 0.15) is 56.8 Å². The molecule has 8 nitrogen and oxygen atoms in total. The summed E-state index contributed by atoms with van der Waals surface area (Å²) >= 11 is 0. The number of aliphatic hydroxyl groups is 1. The number of aliphatic hydroxyl groups excluding tert-OH is 1. The number of nitrogens with zero attached hydrogens (tertiary/aromatic N) is 4. The smallest absolute Gasteiger partial charge is 0.410 e. The molecule has 0 spiro atoms. The molecule has 8 heteroatoms. The van der Waals surface area contributed by atoms with Gasteiger partial charge in [-0.15, -0.1) is 0 Å². The number of likely N-dealkylation sites (tertiary alicyclic amines) is 2. The summed E-state index contributed by atoms with van der Waals surface area (Å²) in [7, 11) is 0. The topological polar surface area (TPSA) is 76.6 Å². The second kappa shape index (κ2) is 11.2. The minimum absolute atomic E-state index is 0.00912. The van der Waals surface area contributed by atoms with Crippen molar-refractivity contribution >= 4 is 17.7 Å². The molecular weight excluding hydrogens is 444 g/mol. The van der Waals surface area contributed by atoms with Gasteiger partial charge in [-0.2, -0.15) is 0 Å². The molecule has 1 aromatic carbocycles. The first-order chi connectivity index (χ1) is 16.7. The lowest BCUT2D eigenvalue weighted by molar-refractivity contribution is 0.0177. The van der Waals surface area contributed by atoms with Gasteiger partial charge in [0.15, 0.2) is 0 Å². The molecule has 2 amide bonds. The Labute approximate surface area is 209 Å². The molecule has 0 saturated carbocycles. The van der Waals surface area contributed by atoms with E-state index in [-0.39, 0.29) is 18.1 Å². The molecule has 0 bridgehead atoms. The average molecular weight is 487 g/mol. The zero-order chi connectivity index (χ0) is 25.0. The van der Waals surface area contributed by atoms with Crippen LogP contribution < -0.4 is 4.90 Å². The molecular formula is C27H42N4O4. The number of carbonyl (C=O) groups excluding carboxylic acids is 2. The summed E-state index contributed by atoms with van der Waals surface area (Å²) in [6.07, 6.45) is 3.39. The maximum atomic E-state index is 12.6. The second-order valence-electron chi connectivity index (χ2n) is 11.3. The fraction of sp³-hybridized carbons (Fsp3) is 0.704. The van der Waals surface area contributed by atoms with E-state index in [0.717, 1.165) is 64.3 Å². The standard InChI is InChI=1S/C27H42N4O4/c1-27(2,3)35-26(34)30-13-9-21(10-14-30)8-12-28-16-18-29(19-17-28)23-6-4-22(5-7-23)25(33)31-15-11-24(32)20-31/h4-7,21,24,32H,8-20H2,1-3H3/t24-/m1/s1. The Kier molecular flexibility index (Phi) is 8.22. The molecule has 1 N–H and O–H groups in total. The summed E-state index contributed by atoms with van der Waals surface area (Å²) in [5, 5.41) is 9.68. The molecule has 194 valence electrons. The Morgan fingerprint density at radius 3 is 2.11 bits per heavy atom. The van der Waals surface area contributed by atoms with E-state index >= 15 is 0 Å². The van der Waals surface area contributed by atoms with Crippen molar-refractivity contribution in [3.05, 3.63) is 29.8 Å². The van der Waals surface area contributed by atoms with Gasteiger partial charge in [-0.3, -0.25) is 9.69 Å². The third-order valence-electron chi connectivity index (χ3n) is 7.42. The molecule has 3 aliphatic heterocycles. The van der Waals surface area contributed by atoms with Crippen LogP contribution in [0.4, 0.5) is 10.5 Å². The van der Waals surface area contributed by atoms with Crippen LogP contribution in [0.15, 0.2) is 24.3 Å². The highest BCUT2D eigenvalue weighted by Gasteiger charge is 2.28. The second-order valence-corrected chi connectivity index (χ2v) is 11.3. The van der Waals surface area contributed by atoms with Crippen molar-refractivity contribution in [2.45, 2.75) is 58.2 Å². The van der Waals surface area contributed by atoms with E-state index in [0.29, 0.717) is 31.0 Å². The van der Waals surface area contributed by atoms with Gasteiger partial charge in [-0.25, -0.2) is 4.79 Å². The van der Waals surface area contributed by atoms with Crippen molar-refractivity contribution in [3.63, 3.8) is 0 Å². The number of anilines is 1. The van der Waals surface area contributed by atoms with E-state index in [4.69, 9.17) is 4.74 Å². The van der Waals surface area contributed by atoms with Crippen LogP contribution in [0, 0.1) is 5.92 Å². The van der Waals surface area contributed by atoms with Crippen LogP contribution in [0.25, 0.3) is 0 Å².